The molecule has 1 aliphatic heterocycles. The number of likely N-dealkylation sites (N-methyl/N-ethyl adjacent to an activating group) is 1. The Hall–Kier alpha value is -0.930. The molecule has 1 heterocycles. The highest BCUT2D eigenvalue weighted by molar-refractivity contribution is 5.14. The zero-order valence-electron chi connectivity index (χ0n) is 5.97. The Kier molecular flexibility index (Phi) is 1.93. The van der Waals surface area contributed by atoms with Gasteiger partial charge in [-0.1, -0.05) is 12.2 Å². The molecule has 1 unspecified atom stereocenters. The summed E-state index contributed by atoms with van der Waals surface area (Å²) in [7, 11) is 1.40. The molecular weight excluding hydrogens is 155 g/mol. The predicted molar refractivity (Wildman–Crippen MR) is 35.9 cm³/mol. The van der Waals surface area contributed by atoms with Crippen molar-refractivity contribution in [3.8, 4) is 0 Å². The SMILES string of the molecule is CN1C=CC=CC1C(F)(F)F. The maximum atomic E-state index is 12.1. The predicted octanol–water partition coefficient (Wildman–Crippen LogP) is 1.93. The second-order valence-electron chi connectivity index (χ2n) is 2.38. The van der Waals surface area contributed by atoms with Crippen molar-refractivity contribution in [1.29, 1.82) is 0 Å². The Balaban J connectivity index is 2.74. The summed E-state index contributed by atoms with van der Waals surface area (Å²) in [6.07, 6.45) is 1.33. The molecule has 0 aromatic carbocycles. The second kappa shape index (κ2) is 2.60. The number of hydrogen-bond donors (Lipinski definition) is 0. The van der Waals surface area contributed by atoms with Crippen molar-refractivity contribution in [3.63, 3.8) is 0 Å². The van der Waals surface area contributed by atoms with Gasteiger partial charge in [0.25, 0.3) is 0 Å². The fourth-order valence-corrected chi connectivity index (χ4v) is 0.923. The van der Waals surface area contributed by atoms with Crippen molar-refractivity contribution in [2.75, 3.05) is 7.05 Å². The normalized spacial score (nSPS) is 24.4. The average Bonchev–Trinajstić information content (AvgIpc) is 1.86. The van der Waals surface area contributed by atoms with Gasteiger partial charge in [-0.25, -0.2) is 0 Å². The minimum atomic E-state index is -4.17. The van der Waals surface area contributed by atoms with E-state index in [1.165, 1.54) is 19.3 Å². The van der Waals surface area contributed by atoms with E-state index in [1.807, 2.05) is 0 Å². The monoisotopic (exact) mass is 163 g/mol. The van der Waals surface area contributed by atoms with Gasteiger partial charge in [0.05, 0.1) is 0 Å². The number of hydrogen-bond acceptors (Lipinski definition) is 1. The van der Waals surface area contributed by atoms with E-state index in [9.17, 15) is 13.2 Å². The maximum Gasteiger partial charge on any atom is 0.412 e. The molecule has 0 amide bonds. The molecule has 0 spiro atoms. The van der Waals surface area contributed by atoms with E-state index in [1.54, 1.807) is 6.08 Å². The van der Waals surface area contributed by atoms with Crippen molar-refractivity contribution in [1.82, 2.24) is 4.90 Å². The van der Waals surface area contributed by atoms with Gasteiger partial charge in [0.2, 0.25) is 0 Å². The molecule has 11 heavy (non-hydrogen) atoms. The van der Waals surface area contributed by atoms with Gasteiger partial charge in [0, 0.05) is 7.05 Å². The Morgan fingerprint density at radius 2 is 1.91 bits per heavy atom. The molecule has 1 aliphatic rings. The molecule has 0 aromatic heterocycles. The van der Waals surface area contributed by atoms with Crippen LogP contribution in [0.4, 0.5) is 13.2 Å². The van der Waals surface area contributed by atoms with E-state index in [0.29, 0.717) is 0 Å². The zero-order chi connectivity index (χ0) is 8.48. The number of nitrogens with zero attached hydrogens (tertiary/aromatic N) is 1. The molecule has 0 saturated carbocycles. The second-order valence-corrected chi connectivity index (χ2v) is 2.38. The standard InChI is InChI=1S/C7H8F3N/c1-11-5-3-2-4-6(11)7(8,9)10/h2-6H,1H3. The first-order chi connectivity index (χ1) is 5.02. The van der Waals surface area contributed by atoms with Crippen LogP contribution in [0, 0.1) is 0 Å². The molecule has 0 radical (unpaired) electrons. The molecule has 1 atom stereocenters. The first-order valence-electron chi connectivity index (χ1n) is 3.15. The van der Waals surface area contributed by atoms with Crippen LogP contribution in [0.5, 0.6) is 0 Å². The third-order valence-electron chi connectivity index (χ3n) is 1.50. The summed E-state index contributed by atoms with van der Waals surface area (Å²) >= 11 is 0. The Bertz CT molecular complexity index is 192. The summed E-state index contributed by atoms with van der Waals surface area (Å²) in [5, 5.41) is 0. The molecule has 0 saturated heterocycles. The minimum Gasteiger partial charge on any atom is -0.366 e. The number of alkyl halides is 3. The van der Waals surface area contributed by atoms with E-state index < -0.39 is 12.2 Å². The molecule has 0 bridgehead atoms. The van der Waals surface area contributed by atoms with Crippen molar-refractivity contribution < 1.29 is 13.2 Å². The van der Waals surface area contributed by atoms with Gasteiger partial charge in [-0.05, 0) is 12.3 Å². The highest BCUT2D eigenvalue weighted by atomic mass is 19.4. The molecule has 0 aliphatic carbocycles. The summed E-state index contributed by atoms with van der Waals surface area (Å²) in [6.45, 7) is 0. The molecule has 4 heteroatoms. The topological polar surface area (TPSA) is 3.24 Å². The van der Waals surface area contributed by atoms with Crippen LogP contribution < -0.4 is 0 Å². The lowest BCUT2D eigenvalue weighted by molar-refractivity contribution is -0.161. The van der Waals surface area contributed by atoms with Gasteiger partial charge >= 0.3 is 6.18 Å². The molecule has 1 rings (SSSR count). The van der Waals surface area contributed by atoms with Gasteiger partial charge in [-0.15, -0.1) is 0 Å². The van der Waals surface area contributed by atoms with Crippen LogP contribution in [0.2, 0.25) is 0 Å². The highest BCUT2D eigenvalue weighted by Crippen LogP contribution is 2.26. The van der Waals surface area contributed by atoms with Crippen LogP contribution in [0.15, 0.2) is 24.4 Å². The molecule has 62 valence electrons. The molecule has 0 fully saturated rings. The lowest BCUT2D eigenvalue weighted by Crippen LogP contribution is -2.39. The number of rotatable bonds is 0. The Morgan fingerprint density at radius 3 is 2.27 bits per heavy atom. The van der Waals surface area contributed by atoms with Gasteiger partial charge in [0.15, 0.2) is 0 Å². The summed E-state index contributed by atoms with van der Waals surface area (Å²) in [5.41, 5.74) is 0. The van der Waals surface area contributed by atoms with Gasteiger partial charge < -0.3 is 4.90 Å². The third-order valence-corrected chi connectivity index (χ3v) is 1.50. The van der Waals surface area contributed by atoms with Crippen molar-refractivity contribution in [2.24, 2.45) is 0 Å². The summed E-state index contributed by atoms with van der Waals surface area (Å²) in [5.74, 6) is 0. The van der Waals surface area contributed by atoms with Crippen LogP contribution in [-0.4, -0.2) is 24.2 Å². The van der Waals surface area contributed by atoms with Crippen molar-refractivity contribution >= 4 is 0 Å². The Labute approximate surface area is 62.8 Å². The van der Waals surface area contributed by atoms with Crippen molar-refractivity contribution in [3.05, 3.63) is 24.4 Å². The first-order valence-corrected chi connectivity index (χ1v) is 3.15. The van der Waals surface area contributed by atoms with Gasteiger partial charge in [-0.3, -0.25) is 0 Å². The number of halogens is 3. The average molecular weight is 163 g/mol. The molecule has 1 nitrogen and oxygen atoms in total. The number of allylic oxidation sites excluding steroid dienone is 2. The molecular formula is C7H8F3N. The van der Waals surface area contributed by atoms with E-state index in [-0.39, 0.29) is 0 Å². The first kappa shape index (κ1) is 8.17. The molecule has 0 N–H and O–H groups in total. The Morgan fingerprint density at radius 1 is 1.27 bits per heavy atom. The molecule has 0 aromatic rings. The minimum absolute atomic E-state index is 1.12. The smallest absolute Gasteiger partial charge is 0.366 e. The largest absolute Gasteiger partial charge is 0.412 e. The van der Waals surface area contributed by atoms with E-state index >= 15 is 0 Å². The van der Waals surface area contributed by atoms with E-state index in [2.05, 4.69) is 0 Å². The maximum absolute atomic E-state index is 12.1. The van der Waals surface area contributed by atoms with Crippen LogP contribution in [-0.2, 0) is 0 Å². The lowest BCUT2D eigenvalue weighted by Gasteiger charge is -2.27. The third kappa shape index (κ3) is 1.76. The van der Waals surface area contributed by atoms with Crippen LogP contribution >= 0.6 is 0 Å². The summed E-state index contributed by atoms with van der Waals surface area (Å²) in [4.78, 5) is 1.12. The zero-order valence-corrected chi connectivity index (χ0v) is 5.97. The highest BCUT2D eigenvalue weighted by Gasteiger charge is 2.40. The van der Waals surface area contributed by atoms with E-state index in [0.717, 1.165) is 11.0 Å². The fraction of sp³-hybridized carbons (Fsp3) is 0.429. The summed E-state index contributed by atoms with van der Waals surface area (Å²) < 4.78 is 36.2. The van der Waals surface area contributed by atoms with Crippen LogP contribution in [0.1, 0.15) is 0 Å². The quantitative estimate of drug-likeness (QED) is 0.527. The van der Waals surface area contributed by atoms with Crippen LogP contribution in [0.25, 0.3) is 0 Å². The fourth-order valence-electron chi connectivity index (χ4n) is 0.923. The lowest BCUT2D eigenvalue weighted by atomic mass is 10.2. The van der Waals surface area contributed by atoms with Gasteiger partial charge in [-0.2, -0.15) is 13.2 Å². The summed E-state index contributed by atoms with van der Waals surface area (Å²) in [6, 6.07) is -1.47. The van der Waals surface area contributed by atoms with Crippen molar-refractivity contribution in [2.45, 2.75) is 12.2 Å². The van der Waals surface area contributed by atoms with Gasteiger partial charge in [0.1, 0.15) is 6.04 Å². The van der Waals surface area contributed by atoms with Crippen LogP contribution in [0.3, 0.4) is 0 Å². The van der Waals surface area contributed by atoms with E-state index in [4.69, 9.17) is 0 Å².